The molecule has 14 heavy (non-hydrogen) atoms. The first-order chi connectivity index (χ1) is 6.81. The molecular formula is C12H17NO. The molecule has 1 aliphatic rings. The highest BCUT2D eigenvalue weighted by atomic mass is 16.5. The van der Waals surface area contributed by atoms with Gasteiger partial charge in [-0.3, -0.25) is 0 Å². The van der Waals surface area contributed by atoms with Crippen molar-refractivity contribution in [2.75, 3.05) is 7.11 Å². The van der Waals surface area contributed by atoms with Gasteiger partial charge in [0.25, 0.3) is 0 Å². The van der Waals surface area contributed by atoms with Crippen LogP contribution in [0.25, 0.3) is 0 Å². The third-order valence-electron chi connectivity index (χ3n) is 3.14. The molecule has 0 radical (unpaired) electrons. The molecule has 0 saturated heterocycles. The highest BCUT2D eigenvalue weighted by Gasteiger charge is 2.25. The number of hydrogen-bond acceptors (Lipinski definition) is 2. The average Bonchev–Trinajstić information content (AvgIpc) is 2.15. The zero-order valence-corrected chi connectivity index (χ0v) is 8.57. The normalized spacial score (nSPS) is 18.7. The summed E-state index contributed by atoms with van der Waals surface area (Å²) >= 11 is 0. The standard InChI is InChI=1S/C12H17NO/c1-14-11-7-3-6-10(8-11)12(13)9-4-2-5-9/h3,6-9,12H,2,4-5,13H2,1H3/t12-/m1/s1. The van der Waals surface area contributed by atoms with Crippen molar-refractivity contribution in [1.82, 2.24) is 0 Å². The van der Waals surface area contributed by atoms with E-state index in [1.165, 1.54) is 24.8 Å². The van der Waals surface area contributed by atoms with Gasteiger partial charge in [0.1, 0.15) is 5.75 Å². The molecule has 1 aliphatic carbocycles. The highest BCUT2D eigenvalue weighted by Crippen LogP contribution is 2.36. The first-order valence-corrected chi connectivity index (χ1v) is 5.21. The molecule has 1 fully saturated rings. The Bertz CT molecular complexity index is 307. The number of methoxy groups -OCH3 is 1. The van der Waals surface area contributed by atoms with Crippen LogP contribution >= 0.6 is 0 Å². The van der Waals surface area contributed by atoms with E-state index in [2.05, 4.69) is 6.07 Å². The fourth-order valence-corrected chi connectivity index (χ4v) is 1.92. The molecule has 0 aromatic heterocycles. The van der Waals surface area contributed by atoms with Gasteiger partial charge < -0.3 is 10.5 Å². The van der Waals surface area contributed by atoms with Crippen LogP contribution in [0.15, 0.2) is 24.3 Å². The Morgan fingerprint density at radius 1 is 1.43 bits per heavy atom. The lowest BCUT2D eigenvalue weighted by molar-refractivity contribution is 0.264. The van der Waals surface area contributed by atoms with E-state index in [-0.39, 0.29) is 6.04 Å². The molecule has 76 valence electrons. The van der Waals surface area contributed by atoms with Gasteiger partial charge in [0, 0.05) is 6.04 Å². The van der Waals surface area contributed by atoms with E-state index in [1.54, 1.807) is 7.11 Å². The molecule has 2 heteroatoms. The van der Waals surface area contributed by atoms with Gasteiger partial charge in [0.05, 0.1) is 7.11 Å². The monoisotopic (exact) mass is 191 g/mol. The average molecular weight is 191 g/mol. The van der Waals surface area contributed by atoms with Crippen LogP contribution in [-0.2, 0) is 0 Å². The Kier molecular flexibility index (Phi) is 2.73. The maximum Gasteiger partial charge on any atom is 0.119 e. The van der Waals surface area contributed by atoms with E-state index >= 15 is 0 Å². The summed E-state index contributed by atoms with van der Waals surface area (Å²) in [4.78, 5) is 0. The summed E-state index contributed by atoms with van der Waals surface area (Å²) in [5.74, 6) is 1.58. The minimum absolute atomic E-state index is 0.193. The molecule has 1 aromatic rings. The first-order valence-electron chi connectivity index (χ1n) is 5.21. The Morgan fingerprint density at radius 3 is 2.79 bits per heavy atom. The van der Waals surface area contributed by atoms with Crippen LogP contribution < -0.4 is 10.5 Å². The van der Waals surface area contributed by atoms with Gasteiger partial charge in [-0.1, -0.05) is 18.6 Å². The fourth-order valence-electron chi connectivity index (χ4n) is 1.92. The summed E-state index contributed by atoms with van der Waals surface area (Å²) < 4.78 is 5.18. The van der Waals surface area contributed by atoms with Crippen LogP contribution in [0.4, 0.5) is 0 Å². The zero-order valence-electron chi connectivity index (χ0n) is 8.57. The predicted molar refractivity (Wildman–Crippen MR) is 57.3 cm³/mol. The van der Waals surface area contributed by atoms with Gasteiger partial charge in [-0.2, -0.15) is 0 Å². The molecule has 2 nitrogen and oxygen atoms in total. The summed E-state index contributed by atoms with van der Waals surface area (Å²) in [6.07, 6.45) is 3.89. The van der Waals surface area contributed by atoms with Gasteiger partial charge in [-0.05, 0) is 36.5 Å². The minimum Gasteiger partial charge on any atom is -0.497 e. The topological polar surface area (TPSA) is 35.2 Å². The first kappa shape index (κ1) is 9.53. The number of nitrogens with two attached hydrogens (primary N) is 1. The summed E-state index contributed by atoms with van der Waals surface area (Å²) in [6.45, 7) is 0. The van der Waals surface area contributed by atoms with E-state index in [4.69, 9.17) is 10.5 Å². The summed E-state index contributed by atoms with van der Waals surface area (Å²) in [5, 5.41) is 0. The SMILES string of the molecule is COc1cccc([C@H](N)C2CCC2)c1. The van der Waals surface area contributed by atoms with Crippen molar-refractivity contribution in [2.24, 2.45) is 11.7 Å². The molecule has 1 saturated carbocycles. The summed E-state index contributed by atoms with van der Waals surface area (Å²) in [5.41, 5.74) is 7.37. The molecule has 1 aromatic carbocycles. The Morgan fingerprint density at radius 2 is 2.21 bits per heavy atom. The second-order valence-electron chi connectivity index (χ2n) is 3.99. The van der Waals surface area contributed by atoms with Crippen LogP contribution in [0.3, 0.4) is 0 Å². The number of rotatable bonds is 3. The molecular weight excluding hydrogens is 174 g/mol. The number of ether oxygens (including phenoxy) is 1. The largest absolute Gasteiger partial charge is 0.497 e. The quantitative estimate of drug-likeness (QED) is 0.796. The maximum atomic E-state index is 6.17. The lowest BCUT2D eigenvalue weighted by Crippen LogP contribution is -2.26. The Balaban J connectivity index is 2.13. The van der Waals surface area contributed by atoms with Gasteiger partial charge in [0.15, 0.2) is 0 Å². The Labute approximate surface area is 85.1 Å². The maximum absolute atomic E-state index is 6.17. The van der Waals surface area contributed by atoms with Crippen molar-refractivity contribution in [3.63, 3.8) is 0 Å². The van der Waals surface area contributed by atoms with Crippen molar-refractivity contribution in [3.05, 3.63) is 29.8 Å². The predicted octanol–water partition coefficient (Wildman–Crippen LogP) is 2.50. The lowest BCUT2D eigenvalue weighted by Gasteiger charge is -2.31. The van der Waals surface area contributed by atoms with Crippen molar-refractivity contribution < 1.29 is 4.74 Å². The van der Waals surface area contributed by atoms with E-state index in [1.807, 2.05) is 18.2 Å². The number of hydrogen-bond donors (Lipinski definition) is 1. The van der Waals surface area contributed by atoms with E-state index < -0.39 is 0 Å². The molecule has 0 amide bonds. The van der Waals surface area contributed by atoms with Crippen LogP contribution in [0.1, 0.15) is 30.9 Å². The van der Waals surface area contributed by atoms with Crippen LogP contribution in [0, 0.1) is 5.92 Å². The Hall–Kier alpha value is -1.02. The van der Waals surface area contributed by atoms with Crippen molar-refractivity contribution >= 4 is 0 Å². The van der Waals surface area contributed by atoms with Gasteiger partial charge in [0.2, 0.25) is 0 Å². The number of benzene rings is 1. The minimum atomic E-state index is 0.193. The lowest BCUT2D eigenvalue weighted by atomic mass is 9.77. The molecule has 0 aliphatic heterocycles. The molecule has 2 N–H and O–H groups in total. The van der Waals surface area contributed by atoms with Crippen molar-refractivity contribution in [2.45, 2.75) is 25.3 Å². The van der Waals surface area contributed by atoms with Gasteiger partial charge in [-0.15, -0.1) is 0 Å². The second-order valence-corrected chi connectivity index (χ2v) is 3.99. The van der Waals surface area contributed by atoms with Crippen LogP contribution in [-0.4, -0.2) is 7.11 Å². The third kappa shape index (κ3) is 1.75. The van der Waals surface area contributed by atoms with E-state index in [0.717, 1.165) is 5.75 Å². The fraction of sp³-hybridized carbons (Fsp3) is 0.500. The van der Waals surface area contributed by atoms with Crippen molar-refractivity contribution in [1.29, 1.82) is 0 Å². The zero-order chi connectivity index (χ0) is 9.97. The van der Waals surface area contributed by atoms with Crippen molar-refractivity contribution in [3.8, 4) is 5.75 Å². The summed E-state index contributed by atoms with van der Waals surface area (Å²) in [6, 6.07) is 8.29. The molecule has 0 heterocycles. The third-order valence-corrected chi connectivity index (χ3v) is 3.14. The molecule has 0 spiro atoms. The summed E-state index contributed by atoms with van der Waals surface area (Å²) in [7, 11) is 1.69. The highest BCUT2D eigenvalue weighted by molar-refractivity contribution is 5.30. The molecule has 1 atom stereocenters. The molecule has 0 bridgehead atoms. The molecule has 0 unspecified atom stereocenters. The second kappa shape index (κ2) is 4.01. The van der Waals surface area contributed by atoms with Crippen LogP contribution in [0.5, 0.6) is 5.75 Å². The van der Waals surface area contributed by atoms with E-state index in [0.29, 0.717) is 5.92 Å². The van der Waals surface area contributed by atoms with Gasteiger partial charge in [-0.25, -0.2) is 0 Å². The van der Waals surface area contributed by atoms with Gasteiger partial charge >= 0.3 is 0 Å². The smallest absolute Gasteiger partial charge is 0.119 e. The van der Waals surface area contributed by atoms with E-state index in [9.17, 15) is 0 Å². The van der Waals surface area contributed by atoms with Crippen LogP contribution in [0.2, 0.25) is 0 Å². The molecule has 2 rings (SSSR count).